The molecule has 5 N–H and O–H groups in total. The molecule has 0 aliphatic carbocycles. The molecule has 1 unspecified atom stereocenters. The summed E-state index contributed by atoms with van der Waals surface area (Å²) >= 11 is 2.79. The first-order chi connectivity index (χ1) is 11.8. The molecule has 0 saturated heterocycles. The van der Waals surface area contributed by atoms with Gasteiger partial charge in [-0.05, 0) is 44.2 Å². The van der Waals surface area contributed by atoms with Gasteiger partial charge < -0.3 is 11.1 Å². The highest BCUT2D eigenvalue weighted by Crippen LogP contribution is 2.32. The standard InChI is InChI=1S/C16H16N4O2S3/c1-8-7-12(9(2)23-8)13(21)14-15(17)20-16(24-14)19-10-3-5-11(6-4-10)25(18)22/h3-7H,17-18H2,1-2H3,(H,19,20). The maximum absolute atomic E-state index is 12.7. The van der Waals surface area contributed by atoms with Crippen LogP contribution in [0.5, 0.6) is 0 Å². The fourth-order valence-electron chi connectivity index (χ4n) is 2.32. The predicted molar refractivity (Wildman–Crippen MR) is 104 cm³/mol. The molecule has 0 fully saturated rings. The van der Waals surface area contributed by atoms with Crippen molar-refractivity contribution in [3.63, 3.8) is 0 Å². The van der Waals surface area contributed by atoms with Crippen LogP contribution in [0.1, 0.15) is 25.0 Å². The Morgan fingerprint density at radius 1 is 1.20 bits per heavy atom. The summed E-state index contributed by atoms with van der Waals surface area (Å²) < 4.78 is 11.2. The van der Waals surface area contributed by atoms with E-state index in [9.17, 15) is 9.00 Å². The summed E-state index contributed by atoms with van der Waals surface area (Å²) in [4.78, 5) is 19.9. The number of carbonyl (C=O) groups is 1. The number of hydrogen-bond acceptors (Lipinski definition) is 7. The number of ketones is 1. The molecule has 0 amide bonds. The zero-order valence-corrected chi connectivity index (χ0v) is 16.0. The van der Waals surface area contributed by atoms with Crippen LogP contribution in [0.4, 0.5) is 16.6 Å². The van der Waals surface area contributed by atoms with E-state index in [2.05, 4.69) is 10.3 Å². The molecule has 0 radical (unpaired) electrons. The van der Waals surface area contributed by atoms with E-state index in [1.54, 1.807) is 35.6 Å². The fraction of sp³-hybridized carbons (Fsp3) is 0.125. The van der Waals surface area contributed by atoms with Gasteiger partial charge >= 0.3 is 0 Å². The molecule has 1 atom stereocenters. The van der Waals surface area contributed by atoms with Crippen molar-refractivity contribution in [1.82, 2.24) is 4.98 Å². The molecular formula is C16H16N4O2S3. The van der Waals surface area contributed by atoms with Gasteiger partial charge in [0.25, 0.3) is 0 Å². The average molecular weight is 393 g/mol. The SMILES string of the molecule is Cc1cc(C(=O)c2sc(Nc3ccc(S(N)=O)cc3)nc2N)c(C)s1. The van der Waals surface area contributed by atoms with E-state index in [-0.39, 0.29) is 11.6 Å². The number of carbonyl (C=O) groups excluding carboxylic acids is 1. The monoisotopic (exact) mass is 392 g/mol. The van der Waals surface area contributed by atoms with Crippen molar-refractivity contribution in [2.24, 2.45) is 5.14 Å². The molecule has 3 rings (SSSR count). The number of nitrogens with zero attached hydrogens (tertiary/aromatic N) is 1. The Morgan fingerprint density at radius 2 is 1.88 bits per heavy atom. The second kappa shape index (κ2) is 7.04. The van der Waals surface area contributed by atoms with Crippen molar-refractivity contribution >= 4 is 56.1 Å². The summed E-state index contributed by atoms with van der Waals surface area (Å²) in [6.07, 6.45) is 0. The zero-order chi connectivity index (χ0) is 18.1. The second-order valence-corrected chi connectivity index (χ2v) is 8.86. The lowest BCUT2D eigenvalue weighted by atomic mass is 10.1. The van der Waals surface area contributed by atoms with Crippen LogP contribution < -0.4 is 16.2 Å². The van der Waals surface area contributed by atoms with Crippen molar-refractivity contribution in [2.45, 2.75) is 18.7 Å². The third-order valence-corrected chi connectivity index (χ3v) is 6.17. The molecule has 0 aliphatic heterocycles. The van der Waals surface area contributed by atoms with E-state index in [4.69, 9.17) is 10.9 Å². The quantitative estimate of drug-likeness (QED) is 0.577. The van der Waals surface area contributed by atoms with Crippen LogP contribution in [0.2, 0.25) is 0 Å². The van der Waals surface area contributed by atoms with Crippen molar-refractivity contribution < 1.29 is 9.00 Å². The van der Waals surface area contributed by atoms with Crippen molar-refractivity contribution in [2.75, 3.05) is 11.1 Å². The molecule has 1 aromatic carbocycles. The highest BCUT2D eigenvalue weighted by atomic mass is 32.2. The van der Waals surface area contributed by atoms with Crippen molar-refractivity contribution in [1.29, 1.82) is 0 Å². The highest BCUT2D eigenvalue weighted by Gasteiger charge is 2.21. The number of nitrogens with two attached hydrogens (primary N) is 2. The number of nitrogen functional groups attached to an aromatic ring is 1. The smallest absolute Gasteiger partial charge is 0.207 e. The van der Waals surface area contributed by atoms with Gasteiger partial charge in [0.2, 0.25) is 5.78 Å². The van der Waals surface area contributed by atoms with Gasteiger partial charge in [0.1, 0.15) is 21.7 Å². The van der Waals surface area contributed by atoms with E-state index in [0.29, 0.717) is 20.5 Å². The largest absolute Gasteiger partial charge is 0.382 e. The van der Waals surface area contributed by atoms with E-state index in [0.717, 1.165) is 15.4 Å². The van der Waals surface area contributed by atoms with Gasteiger partial charge in [-0.1, -0.05) is 11.3 Å². The average Bonchev–Trinajstić information content (AvgIpc) is 3.09. The number of nitrogens with one attached hydrogen (secondary N) is 1. The Bertz CT molecular complexity index is 960. The summed E-state index contributed by atoms with van der Waals surface area (Å²) in [5.41, 5.74) is 7.35. The maximum atomic E-state index is 12.7. The Hall–Kier alpha value is -2.07. The van der Waals surface area contributed by atoms with Gasteiger partial charge in [-0.3, -0.25) is 4.79 Å². The number of thiophene rings is 1. The molecule has 6 nitrogen and oxygen atoms in total. The first-order valence-electron chi connectivity index (χ1n) is 7.26. The van der Waals surface area contributed by atoms with Crippen LogP contribution in [0.15, 0.2) is 35.2 Å². The Morgan fingerprint density at radius 3 is 2.44 bits per heavy atom. The van der Waals surface area contributed by atoms with E-state index in [1.165, 1.54) is 11.3 Å². The number of anilines is 3. The van der Waals surface area contributed by atoms with Crippen LogP contribution in [-0.4, -0.2) is 15.0 Å². The Labute approximate surface area is 155 Å². The van der Waals surface area contributed by atoms with Crippen LogP contribution in [-0.2, 0) is 11.0 Å². The van der Waals surface area contributed by atoms with Crippen molar-refractivity contribution in [3.05, 3.63) is 50.5 Å². The fourth-order valence-corrected chi connectivity index (χ4v) is 4.51. The van der Waals surface area contributed by atoms with Gasteiger partial charge in [-0.15, -0.1) is 11.3 Å². The molecular weight excluding hydrogens is 376 g/mol. The van der Waals surface area contributed by atoms with Gasteiger partial charge in [0.05, 0.1) is 4.90 Å². The number of benzene rings is 1. The third kappa shape index (κ3) is 3.79. The zero-order valence-electron chi connectivity index (χ0n) is 13.5. The molecule has 2 heterocycles. The minimum absolute atomic E-state index is 0.112. The summed E-state index contributed by atoms with van der Waals surface area (Å²) in [7, 11) is -1.52. The molecule has 0 saturated carbocycles. The normalized spacial score (nSPS) is 12.1. The molecule has 9 heteroatoms. The summed E-state index contributed by atoms with van der Waals surface area (Å²) in [6.45, 7) is 3.89. The van der Waals surface area contributed by atoms with Gasteiger partial charge in [-0.25, -0.2) is 14.3 Å². The summed E-state index contributed by atoms with van der Waals surface area (Å²) in [5, 5.41) is 8.95. The molecule has 3 aromatic rings. The van der Waals surface area contributed by atoms with E-state index in [1.807, 2.05) is 19.9 Å². The van der Waals surface area contributed by atoms with Gasteiger partial charge in [0.15, 0.2) is 5.13 Å². The molecule has 0 aliphatic rings. The molecule has 130 valence electrons. The lowest BCUT2D eigenvalue weighted by Crippen LogP contribution is -2.02. The van der Waals surface area contributed by atoms with Gasteiger partial charge in [0, 0.05) is 21.0 Å². The first-order valence-corrected chi connectivity index (χ1v) is 10.1. The van der Waals surface area contributed by atoms with Gasteiger partial charge in [-0.2, -0.15) is 0 Å². The lowest BCUT2D eigenvalue weighted by Gasteiger charge is -2.02. The van der Waals surface area contributed by atoms with E-state index < -0.39 is 11.0 Å². The van der Waals surface area contributed by atoms with Crippen LogP contribution in [0.3, 0.4) is 0 Å². The summed E-state index contributed by atoms with van der Waals surface area (Å²) in [5.74, 6) is 0.0965. The number of thiazole rings is 1. The topological polar surface area (TPSA) is 111 Å². The minimum atomic E-state index is -1.52. The predicted octanol–water partition coefficient (Wildman–Crippen LogP) is 3.36. The highest BCUT2D eigenvalue weighted by molar-refractivity contribution is 7.82. The number of aromatic nitrogens is 1. The molecule has 0 spiro atoms. The Kier molecular flexibility index (Phi) is 5.00. The van der Waals surface area contributed by atoms with E-state index >= 15 is 0 Å². The number of aryl methyl sites for hydroxylation is 2. The molecule has 25 heavy (non-hydrogen) atoms. The van der Waals surface area contributed by atoms with Crippen LogP contribution in [0.25, 0.3) is 0 Å². The first kappa shape index (κ1) is 17.7. The maximum Gasteiger partial charge on any atom is 0.207 e. The molecule has 2 aromatic heterocycles. The third-order valence-electron chi connectivity index (χ3n) is 3.48. The molecule has 0 bridgehead atoms. The Balaban J connectivity index is 1.83. The summed E-state index contributed by atoms with van der Waals surface area (Å²) in [6, 6.07) is 8.69. The minimum Gasteiger partial charge on any atom is -0.382 e. The second-order valence-electron chi connectivity index (χ2n) is 5.34. The van der Waals surface area contributed by atoms with Crippen LogP contribution in [0, 0.1) is 13.8 Å². The lowest BCUT2D eigenvalue weighted by molar-refractivity contribution is 0.104. The van der Waals surface area contributed by atoms with Crippen LogP contribution >= 0.6 is 22.7 Å². The number of hydrogen-bond donors (Lipinski definition) is 3. The number of rotatable bonds is 5. The van der Waals surface area contributed by atoms with Crippen molar-refractivity contribution in [3.8, 4) is 0 Å².